The molecule has 0 spiro atoms. The molecule has 1 aromatic heterocycles. The molecular weight excluding hydrogens is 308 g/mol. The Morgan fingerprint density at radius 2 is 1.74 bits per heavy atom. The van der Waals surface area contributed by atoms with Gasteiger partial charge >= 0.3 is 5.63 Å². The van der Waals surface area contributed by atoms with Crippen LogP contribution >= 0.6 is 11.8 Å². The van der Waals surface area contributed by atoms with E-state index in [0.717, 1.165) is 22.0 Å². The van der Waals surface area contributed by atoms with Crippen LogP contribution in [-0.4, -0.2) is 5.12 Å². The van der Waals surface area contributed by atoms with E-state index in [9.17, 15) is 9.59 Å². The van der Waals surface area contributed by atoms with Crippen LogP contribution in [0.3, 0.4) is 0 Å². The molecule has 23 heavy (non-hydrogen) atoms. The van der Waals surface area contributed by atoms with Gasteiger partial charge in [0.05, 0.1) is 0 Å². The molecule has 3 rings (SSSR count). The van der Waals surface area contributed by atoms with Crippen LogP contribution in [0.4, 0.5) is 0 Å². The van der Waals surface area contributed by atoms with E-state index < -0.39 is 5.63 Å². The van der Waals surface area contributed by atoms with Gasteiger partial charge in [-0.3, -0.25) is 4.79 Å². The zero-order valence-electron chi connectivity index (χ0n) is 12.9. The Balaban J connectivity index is 1.88. The van der Waals surface area contributed by atoms with Gasteiger partial charge in [0.2, 0.25) is 5.12 Å². The molecule has 116 valence electrons. The summed E-state index contributed by atoms with van der Waals surface area (Å²) in [5.41, 5.74) is 1.17. The summed E-state index contributed by atoms with van der Waals surface area (Å²) in [4.78, 5) is 25.2. The van der Waals surface area contributed by atoms with Crippen molar-refractivity contribution in [2.75, 3.05) is 0 Å². The number of para-hydroxylation sites is 1. The summed E-state index contributed by atoms with van der Waals surface area (Å²) in [5.74, 6) is 0.442. The minimum Gasteiger partial charge on any atom is -0.422 e. The second-order valence-electron chi connectivity index (χ2n) is 5.60. The fourth-order valence-electron chi connectivity index (χ4n) is 2.29. The second kappa shape index (κ2) is 6.42. The molecule has 0 saturated carbocycles. The second-order valence-corrected chi connectivity index (χ2v) is 6.64. The molecule has 3 nitrogen and oxygen atoms in total. The van der Waals surface area contributed by atoms with Gasteiger partial charge in [-0.05, 0) is 47.5 Å². The quantitative estimate of drug-likeness (QED) is 0.510. The van der Waals surface area contributed by atoms with Crippen LogP contribution in [0.1, 0.15) is 35.7 Å². The number of carbonyl (C=O) groups excluding carboxylic acids is 1. The van der Waals surface area contributed by atoms with E-state index in [4.69, 9.17) is 4.42 Å². The molecule has 0 fully saturated rings. The van der Waals surface area contributed by atoms with Crippen molar-refractivity contribution in [2.45, 2.75) is 24.7 Å². The Labute approximate surface area is 138 Å². The monoisotopic (exact) mass is 324 g/mol. The summed E-state index contributed by atoms with van der Waals surface area (Å²) >= 11 is 1.04. The van der Waals surface area contributed by atoms with E-state index in [0.29, 0.717) is 11.5 Å². The highest BCUT2D eigenvalue weighted by atomic mass is 32.2. The zero-order valence-corrected chi connectivity index (χ0v) is 13.7. The highest BCUT2D eigenvalue weighted by Crippen LogP contribution is 2.25. The molecule has 0 aliphatic heterocycles. The van der Waals surface area contributed by atoms with Crippen molar-refractivity contribution in [1.82, 2.24) is 0 Å². The lowest BCUT2D eigenvalue weighted by atomic mass is 10.0. The van der Waals surface area contributed by atoms with Gasteiger partial charge in [-0.2, -0.15) is 0 Å². The molecule has 0 amide bonds. The number of carbonyl (C=O) groups is 1. The number of benzene rings is 2. The van der Waals surface area contributed by atoms with Gasteiger partial charge in [0.25, 0.3) is 0 Å². The molecule has 0 bridgehead atoms. The largest absolute Gasteiger partial charge is 0.422 e. The first-order chi connectivity index (χ1) is 11.0. The predicted molar refractivity (Wildman–Crippen MR) is 93.2 cm³/mol. The lowest BCUT2D eigenvalue weighted by Gasteiger charge is -2.06. The van der Waals surface area contributed by atoms with Crippen LogP contribution < -0.4 is 5.63 Å². The molecule has 0 radical (unpaired) electrons. The van der Waals surface area contributed by atoms with Gasteiger partial charge in [-0.1, -0.05) is 44.2 Å². The summed E-state index contributed by atoms with van der Waals surface area (Å²) in [7, 11) is 0. The fraction of sp³-hybridized carbons (Fsp3) is 0.158. The van der Waals surface area contributed by atoms with Crippen molar-refractivity contribution in [3.8, 4) is 0 Å². The number of fused-ring (bicyclic) bond motifs is 1. The maximum Gasteiger partial charge on any atom is 0.348 e. The number of rotatable bonds is 3. The topological polar surface area (TPSA) is 47.3 Å². The molecule has 1 heterocycles. The van der Waals surface area contributed by atoms with Gasteiger partial charge in [-0.25, -0.2) is 4.79 Å². The highest BCUT2D eigenvalue weighted by Gasteiger charge is 2.15. The standard InChI is InChI=1S/C19H16O3S/c1-12(2)13-7-9-15(10-8-13)23-19(21)16-11-14-5-3-4-6-17(14)22-18(16)20/h3-12H,1-2H3. The molecule has 3 aromatic rings. The van der Waals surface area contributed by atoms with Gasteiger partial charge < -0.3 is 4.42 Å². The van der Waals surface area contributed by atoms with E-state index in [1.165, 1.54) is 5.56 Å². The molecule has 0 unspecified atom stereocenters. The Bertz CT molecular complexity index is 908. The van der Waals surface area contributed by atoms with Gasteiger partial charge in [-0.15, -0.1) is 0 Å². The Hall–Kier alpha value is -2.33. The summed E-state index contributed by atoms with van der Waals surface area (Å²) in [6, 6.07) is 16.6. The molecule has 0 N–H and O–H groups in total. The van der Waals surface area contributed by atoms with E-state index in [1.807, 2.05) is 36.4 Å². The summed E-state index contributed by atoms with van der Waals surface area (Å²) in [6.07, 6.45) is 0. The minimum atomic E-state index is -0.597. The van der Waals surface area contributed by atoms with Crippen molar-refractivity contribution < 1.29 is 9.21 Å². The van der Waals surface area contributed by atoms with Crippen molar-refractivity contribution in [2.24, 2.45) is 0 Å². The normalized spacial score (nSPS) is 11.1. The summed E-state index contributed by atoms with van der Waals surface area (Å²) in [6.45, 7) is 4.24. The Kier molecular flexibility index (Phi) is 4.35. The molecule has 0 aliphatic rings. The summed E-state index contributed by atoms with van der Waals surface area (Å²) in [5, 5.41) is 0.438. The first-order valence-corrected chi connectivity index (χ1v) is 8.21. The van der Waals surface area contributed by atoms with Crippen molar-refractivity contribution in [1.29, 1.82) is 0 Å². The molecule has 0 saturated heterocycles. The third-order valence-corrected chi connectivity index (χ3v) is 4.53. The average molecular weight is 324 g/mol. The third-order valence-electron chi connectivity index (χ3n) is 3.62. The predicted octanol–water partition coefficient (Wildman–Crippen LogP) is 4.85. The molecular formula is C19H16O3S. The SMILES string of the molecule is CC(C)c1ccc(SC(=O)c2cc3ccccc3oc2=O)cc1. The van der Waals surface area contributed by atoms with E-state index in [1.54, 1.807) is 18.2 Å². The lowest BCUT2D eigenvalue weighted by Crippen LogP contribution is -2.11. The van der Waals surface area contributed by atoms with Crippen LogP contribution in [0.5, 0.6) is 0 Å². The van der Waals surface area contributed by atoms with Gasteiger partial charge in [0.1, 0.15) is 11.1 Å². The number of hydrogen-bond acceptors (Lipinski definition) is 4. The zero-order chi connectivity index (χ0) is 16.4. The first kappa shape index (κ1) is 15.6. The van der Waals surface area contributed by atoms with E-state index in [-0.39, 0.29) is 10.7 Å². The smallest absolute Gasteiger partial charge is 0.348 e. The van der Waals surface area contributed by atoms with Crippen LogP contribution in [0.15, 0.2) is 68.7 Å². The van der Waals surface area contributed by atoms with Crippen LogP contribution in [0, 0.1) is 0 Å². The molecule has 4 heteroatoms. The minimum absolute atomic E-state index is 0.0710. The van der Waals surface area contributed by atoms with Crippen LogP contribution in [0.25, 0.3) is 11.0 Å². The van der Waals surface area contributed by atoms with Crippen LogP contribution in [0.2, 0.25) is 0 Å². The first-order valence-electron chi connectivity index (χ1n) is 7.39. The Morgan fingerprint density at radius 1 is 1.04 bits per heavy atom. The maximum atomic E-state index is 12.4. The molecule has 0 atom stereocenters. The van der Waals surface area contributed by atoms with Gasteiger partial charge in [0.15, 0.2) is 0 Å². The average Bonchev–Trinajstić information content (AvgIpc) is 2.54. The lowest BCUT2D eigenvalue weighted by molar-refractivity contribution is 0.108. The third kappa shape index (κ3) is 3.37. The van der Waals surface area contributed by atoms with Gasteiger partial charge in [0, 0.05) is 10.3 Å². The van der Waals surface area contributed by atoms with Crippen LogP contribution in [-0.2, 0) is 0 Å². The van der Waals surface area contributed by atoms with Crippen molar-refractivity contribution in [3.63, 3.8) is 0 Å². The van der Waals surface area contributed by atoms with Crippen molar-refractivity contribution in [3.05, 3.63) is 76.1 Å². The molecule has 2 aromatic carbocycles. The fourth-order valence-corrected chi connectivity index (χ4v) is 3.03. The van der Waals surface area contributed by atoms with E-state index in [2.05, 4.69) is 13.8 Å². The maximum absolute atomic E-state index is 12.4. The summed E-state index contributed by atoms with van der Waals surface area (Å²) < 4.78 is 5.21. The number of hydrogen-bond donors (Lipinski definition) is 0. The molecule has 0 aliphatic carbocycles. The van der Waals surface area contributed by atoms with E-state index >= 15 is 0 Å². The number of thioether (sulfide) groups is 1. The highest BCUT2D eigenvalue weighted by molar-refractivity contribution is 8.14. The van der Waals surface area contributed by atoms with Crippen molar-refractivity contribution >= 4 is 27.8 Å². The Morgan fingerprint density at radius 3 is 2.43 bits per heavy atom.